The second-order valence-corrected chi connectivity index (χ2v) is 6.11. The molecule has 3 nitrogen and oxygen atoms in total. The average Bonchev–Trinajstić information content (AvgIpc) is 2.69. The smallest absolute Gasteiger partial charge is 0.330 e. The highest BCUT2D eigenvalue weighted by Gasteiger charge is 2.20. The fraction of sp³-hybridized carbons (Fsp3) is 0.304. The Labute approximate surface area is 156 Å². The highest BCUT2D eigenvalue weighted by molar-refractivity contribution is 6.13. The van der Waals surface area contributed by atoms with Crippen LogP contribution >= 0.6 is 0 Å². The number of carbonyl (C=O) groups is 1. The van der Waals surface area contributed by atoms with Gasteiger partial charge in [0.15, 0.2) is 0 Å². The van der Waals surface area contributed by atoms with Gasteiger partial charge in [-0.2, -0.15) is 0 Å². The topological polar surface area (TPSA) is 38.7 Å². The largest absolute Gasteiger partial charge is 0.464 e. The fourth-order valence-corrected chi connectivity index (χ4v) is 2.59. The van der Waals surface area contributed by atoms with Crippen LogP contribution in [0, 0.1) is 0 Å². The maximum atomic E-state index is 12.6. The summed E-state index contributed by atoms with van der Waals surface area (Å²) >= 11 is 0. The van der Waals surface area contributed by atoms with E-state index in [1.807, 2.05) is 66.7 Å². The molecule has 0 fully saturated rings. The standard InChI is InChI=1S/C23H27NO2/c1-3-5-17-21(23(25)26-18-6-4-2)24-22(19-13-9-7-10-14-19)20-15-11-8-12-16-20/h3,7-16,21H,1,4-6,17-18H2,2H3. The number of hydrogen-bond donors (Lipinski definition) is 0. The van der Waals surface area contributed by atoms with Gasteiger partial charge in [-0.25, -0.2) is 4.79 Å². The molecular formula is C23H27NO2. The third kappa shape index (κ3) is 5.99. The molecule has 136 valence electrons. The van der Waals surface area contributed by atoms with Crippen molar-refractivity contribution in [1.82, 2.24) is 0 Å². The second-order valence-electron chi connectivity index (χ2n) is 6.11. The Kier molecular flexibility index (Phi) is 8.34. The summed E-state index contributed by atoms with van der Waals surface area (Å²) in [5.41, 5.74) is 2.79. The van der Waals surface area contributed by atoms with Crippen molar-refractivity contribution in [3.05, 3.63) is 84.4 Å². The highest BCUT2D eigenvalue weighted by atomic mass is 16.5. The maximum absolute atomic E-state index is 12.6. The third-order valence-corrected chi connectivity index (χ3v) is 4.04. The van der Waals surface area contributed by atoms with E-state index in [-0.39, 0.29) is 5.97 Å². The molecule has 0 bridgehead atoms. The molecule has 3 heteroatoms. The van der Waals surface area contributed by atoms with Crippen LogP contribution in [-0.2, 0) is 9.53 Å². The van der Waals surface area contributed by atoms with Crippen LogP contribution in [0.15, 0.2) is 78.3 Å². The zero-order chi connectivity index (χ0) is 18.6. The van der Waals surface area contributed by atoms with Crippen molar-refractivity contribution < 1.29 is 9.53 Å². The van der Waals surface area contributed by atoms with E-state index in [1.54, 1.807) is 0 Å². The molecule has 0 radical (unpaired) electrons. The fourth-order valence-electron chi connectivity index (χ4n) is 2.59. The van der Waals surface area contributed by atoms with Gasteiger partial charge in [-0.05, 0) is 19.3 Å². The van der Waals surface area contributed by atoms with Crippen LogP contribution in [0.25, 0.3) is 0 Å². The summed E-state index contributed by atoms with van der Waals surface area (Å²) in [5.74, 6) is -0.260. The zero-order valence-electron chi connectivity index (χ0n) is 15.4. The summed E-state index contributed by atoms with van der Waals surface area (Å²) in [6.07, 6.45) is 4.99. The first-order valence-electron chi connectivity index (χ1n) is 9.22. The minimum absolute atomic E-state index is 0.260. The van der Waals surface area contributed by atoms with Crippen LogP contribution in [0.4, 0.5) is 0 Å². The summed E-state index contributed by atoms with van der Waals surface area (Å²) in [7, 11) is 0. The van der Waals surface area contributed by atoms with E-state index in [4.69, 9.17) is 9.73 Å². The number of allylic oxidation sites excluding steroid dienone is 1. The molecule has 0 aromatic heterocycles. The monoisotopic (exact) mass is 349 g/mol. The summed E-state index contributed by atoms with van der Waals surface area (Å²) in [6, 6.07) is 19.4. The first-order chi connectivity index (χ1) is 12.8. The van der Waals surface area contributed by atoms with Gasteiger partial charge in [0.1, 0.15) is 6.04 Å². The Balaban J connectivity index is 2.35. The van der Waals surface area contributed by atoms with Gasteiger partial charge in [0.05, 0.1) is 12.3 Å². The Morgan fingerprint density at radius 2 is 1.65 bits per heavy atom. The minimum atomic E-state index is -0.528. The molecule has 0 amide bonds. The van der Waals surface area contributed by atoms with E-state index in [0.717, 1.165) is 29.7 Å². The Morgan fingerprint density at radius 1 is 1.08 bits per heavy atom. The number of benzene rings is 2. The molecule has 1 unspecified atom stereocenters. The molecular weight excluding hydrogens is 322 g/mol. The molecule has 2 rings (SSSR count). The van der Waals surface area contributed by atoms with Gasteiger partial charge in [-0.3, -0.25) is 4.99 Å². The van der Waals surface area contributed by atoms with Gasteiger partial charge >= 0.3 is 5.97 Å². The molecule has 0 aliphatic carbocycles. The van der Waals surface area contributed by atoms with Gasteiger partial charge < -0.3 is 4.74 Å². The molecule has 2 aromatic rings. The van der Waals surface area contributed by atoms with Gasteiger partial charge in [0, 0.05) is 11.1 Å². The lowest BCUT2D eigenvalue weighted by atomic mass is 10.0. The molecule has 0 aliphatic rings. The molecule has 0 spiro atoms. The van der Waals surface area contributed by atoms with Crippen LogP contribution in [0.3, 0.4) is 0 Å². The van der Waals surface area contributed by atoms with Gasteiger partial charge in [0.25, 0.3) is 0 Å². The van der Waals surface area contributed by atoms with Crippen molar-refractivity contribution in [2.75, 3.05) is 6.61 Å². The first-order valence-corrected chi connectivity index (χ1v) is 9.22. The van der Waals surface area contributed by atoms with Crippen LogP contribution in [0.2, 0.25) is 0 Å². The third-order valence-electron chi connectivity index (χ3n) is 4.04. The number of esters is 1. The Bertz CT molecular complexity index is 666. The molecule has 0 saturated carbocycles. The summed E-state index contributed by atoms with van der Waals surface area (Å²) < 4.78 is 5.43. The van der Waals surface area contributed by atoms with Crippen molar-refractivity contribution >= 4 is 11.7 Å². The lowest BCUT2D eigenvalue weighted by molar-refractivity contribution is -0.145. The lowest BCUT2D eigenvalue weighted by Crippen LogP contribution is -2.24. The predicted octanol–water partition coefficient (Wildman–Crippen LogP) is 5.20. The van der Waals surface area contributed by atoms with Gasteiger partial charge in [-0.15, -0.1) is 6.58 Å². The van der Waals surface area contributed by atoms with Crippen LogP contribution < -0.4 is 0 Å². The van der Waals surface area contributed by atoms with Crippen molar-refractivity contribution in [2.24, 2.45) is 4.99 Å². The second kappa shape index (κ2) is 11.0. The van der Waals surface area contributed by atoms with E-state index < -0.39 is 6.04 Å². The predicted molar refractivity (Wildman–Crippen MR) is 108 cm³/mol. The number of carbonyl (C=O) groups excluding carboxylic acids is 1. The number of rotatable bonds is 10. The van der Waals surface area contributed by atoms with Crippen molar-refractivity contribution in [3.8, 4) is 0 Å². The lowest BCUT2D eigenvalue weighted by Gasteiger charge is -2.15. The number of nitrogens with zero attached hydrogens (tertiary/aromatic N) is 1. The van der Waals surface area contributed by atoms with E-state index >= 15 is 0 Å². The normalized spacial score (nSPS) is 11.4. The zero-order valence-corrected chi connectivity index (χ0v) is 15.4. The van der Waals surface area contributed by atoms with Crippen molar-refractivity contribution in [1.29, 1.82) is 0 Å². The average molecular weight is 349 g/mol. The van der Waals surface area contributed by atoms with E-state index in [0.29, 0.717) is 19.4 Å². The molecule has 0 N–H and O–H groups in total. The molecule has 26 heavy (non-hydrogen) atoms. The molecule has 0 saturated heterocycles. The highest BCUT2D eigenvalue weighted by Crippen LogP contribution is 2.15. The van der Waals surface area contributed by atoms with Crippen LogP contribution in [-0.4, -0.2) is 24.3 Å². The van der Waals surface area contributed by atoms with E-state index in [9.17, 15) is 4.79 Å². The number of unbranched alkanes of at least 4 members (excludes halogenated alkanes) is 1. The Morgan fingerprint density at radius 3 is 2.15 bits per heavy atom. The molecule has 0 heterocycles. The van der Waals surface area contributed by atoms with Crippen LogP contribution in [0.1, 0.15) is 43.7 Å². The quantitative estimate of drug-likeness (QED) is 0.256. The number of hydrogen-bond acceptors (Lipinski definition) is 3. The van der Waals surface area contributed by atoms with Gasteiger partial charge in [0.2, 0.25) is 0 Å². The number of ether oxygens (including phenoxy) is 1. The van der Waals surface area contributed by atoms with Crippen molar-refractivity contribution in [3.63, 3.8) is 0 Å². The summed E-state index contributed by atoms with van der Waals surface area (Å²) in [5, 5.41) is 0. The van der Waals surface area contributed by atoms with Gasteiger partial charge in [-0.1, -0.05) is 80.1 Å². The summed E-state index contributed by atoms with van der Waals surface area (Å²) in [4.78, 5) is 17.4. The van der Waals surface area contributed by atoms with Crippen LogP contribution in [0.5, 0.6) is 0 Å². The van der Waals surface area contributed by atoms with E-state index in [1.165, 1.54) is 0 Å². The Hall–Kier alpha value is -2.68. The first kappa shape index (κ1) is 19.6. The SMILES string of the molecule is C=CCCC(N=C(c1ccccc1)c1ccccc1)C(=O)OCCCC. The maximum Gasteiger partial charge on any atom is 0.330 e. The molecule has 0 aliphatic heterocycles. The summed E-state index contributed by atoms with van der Waals surface area (Å²) in [6.45, 7) is 6.28. The molecule has 1 atom stereocenters. The van der Waals surface area contributed by atoms with E-state index in [2.05, 4.69) is 13.5 Å². The van der Waals surface area contributed by atoms with Crippen molar-refractivity contribution in [2.45, 2.75) is 38.6 Å². The number of aliphatic imine (C=N–C) groups is 1. The molecule has 2 aromatic carbocycles. The minimum Gasteiger partial charge on any atom is -0.464 e.